The van der Waals surface area contributed by atoms with E-state index in [1.54, 1.807) is 4.68 Å². The van der Waals surface area contributed by atoms with Crippen LogP contribution < -0.4 is 4.74 Å². The van der Waals surface area contributed by atoms with Crippen molar-refractivity contribution in [2.75, 3.05) is 6.61 Å². The number of rotatable bonds is 4. The van der Waals surface area contributed by atoms with Crippen molar-refractivity contribution in [3.8, 4) is 11.8 Å². The molecule has 0 aliphatic carbocycles. The third-order valence-electron chi connectivity index (χ3n) is 2.04. The average Bonchev–Trinajstić information content (AvgIpc) is 2.80. The van der Waals surface area contributed by atoms with Crippen LogP contribution in [-0.2, 0) is 6.54 Å². The first-order valence-electron chi connectivity index (χ1n) is 4.96. The minimum atomic E-state index is 0.175. The number of nitrogens with zero attached hydrogens (tertiary/aromatic N) is 4. The van der Waals surface area contributed by atoms with Gasteiger partial charge in [-0.2, -0.15) is 5.26 Å². The maximum atomic E-state index is 8.56. The second-order valence-electron chi connectivity index (χ2n) is 3.25. The molecule has 0 amide bonds. The zero-order valence-electron chi connectivity index (χ0n) is 8.88. The summed E-state index contributed by atoms with van der Waals surface area (Å²) in [6.45, 7) is 1.04. The Bertz CT molecular complexity index is 529. The van der Waals surface area contributed by atoms with Crippen molar-refractivity contribution in [2.45, 2.75) is 6.54 Å². The molecule has 0 saturated heterocycles. The Balaban J connectivity index is 1.83. The van der Waals surface area contributed by atoms with Crippen molar-refractivity contribution in [3.63, 3.8) is 0 Å². The van der Waals surface area contributed by atoms with Crippen LogP contribution in [0.4, 0.5) is 0 Å². The van der Waals surface area contributed by atoms with Gasteiger partial charge < -0.3 is 4.74 Å². The van der Waals surface area contributed by atoms with Gasteiger partial charge in [-0.15, -0.1) is 5.10 Å². The SMILES string of the molecule is N#Cc1ncn(CCOc2ccc(Br)cc2)n1. The molecule has 2 aromatic rings. The highest BCUT2D eigenvalue weighted by Crippen LogP contribution is 2.15. The van der Waals surface area contributed by atoms with Gasteiger partial charge in [0.05, 0.1) is 6.54 Å². The van der Waals surface area contributed by atoms with Crippen molar-refractivity contribution >= 4 is 15.9 Å². The molecule has 2 rings (SSSR count). The summed E-state index contributed by atoms with van der Waals surface area (Å²) in [5.74, 6) is 0.975. The monoisotopic (exact) mass is 292 g/mol. The van der Waals surface area contributed by atoms with E-state index in [4.69, 9.17) is 10.00 Å². The number of hydrogen-bond acceptors (Lipinski definition) is 4. The zero-order valence-corrected chi connectivity index (χ0v) is 10.5. The lowest BCUT2D eigenvalue weighted by Crippen LogP contribution is -2.08. The van der Waals surface area contributed by atoms with Gasteiger partial charge in [0.1, 0.15) is 24.8 Å². The molecule has 1 aromatic heterocycles. The van der Waals surface area contributed by atoms with Gasteiger partial charge in [0.25, 0.3) is 5.82 Å². The predicted molar refractivity (Wildman–Crippen MR) is 64.4 cm³/mol. The Morgan fingerprint density at radius 2 is 2.12 bits per heavy atom. The maximum absolute atomic E-state index is 8.56. The summed E-state index contributed by atoms with van der Waals surface area (Å²) in [7, 11) is 0. The van der Waals surface area contributed by atoms with Gasteiger partial charge in [-0.25, -0.2) is 9.67 Å². The fraction of sp³-hybridized carbons (Fsp3) is 0.182. The lowest BCUT2D eigenvalue weighted by Gasteiger charge is -2.05. The van der Waals surface area contributed by atoms with Gasteiger partial charge in [0, 0.05) is 4.47 Å². The van der Waals surface area contributed by atoms with Crippen molar-refractivity contribution in [1.82, 2.24) is 14.8 Å². The first-order valence-corrected chi connectivity index (χ1v) is 5.75. The topological polar surface area (TPSA) is 63.7 Å². The molecule has 0 atom stereocenters. The Labute approximate surface area is 107 Å². The third-order valence-corrected chi connectivity index (χ3v) is 2.57. The fourth-order valence-electron chi connectivity index (χ4n) is 1.24. The molecule has 0 radical (unpaired) electrons. The summed E-state index contributed by atoms with van der Waals surface area (Å²) in [4.78, 5) is 3.80. The first kappa shape index (κ1) is 11.6. The second-order valence-corrected chi connectivity index (χ2v) is 4.16. The van der Waals surface area contributed by atoms with E-state index in [2.05, 4.69) is 26.0 Å². The number of aromatic nitrogens is 3. The molecule has 0 unspecified atom stereocenters. The van der Waals surface area contributed by atoms with Crippen molar-refractivity contribution in [2.24, 2.45) is 0 Å². The van der Waals surface area contributed by atoms with E-state index in [0.717, 1.165) is 10.2 Å². The molecule has 0 bridgehead atoms. The van der Waals surface area contributed by atoms with Crippen molar-refractivity contribution in [1.29, 1.82) is 5.26 Å². The van der Waals surface area contributed by atoms with Gasteiger partial charge in [-0.1, -0.05) is 15.9 Å². The number of halogens is 1. The largest absolute Gasteiger partial charge is 0.492 e. The molecule has 6 heteroatoms. The number of nitriles is 1. The lowest BCUT2D eigenvalue weighted by molar-refractivity contribution is 0.291. The molecule has 17 heavy (non-hydrogen) atoms. The number of benzene rings is 1. The van der Waals surface area contributed by atoms with Gasteiger partial charge in [-0.3, -0.25) is 0 Å². The molecule has 0 fully saturated rings. The van der Waals surface area contributed by atoms with Crippen molar-refractivity contribution < 1.29 is 4.74 Å². The summed E-state index contributed by atoms with van der Waals surface area (Å²) < 4.78 is 8.11. The molecule has 86 valence electrons. The van der Waals surface area contributed by atoms with Crippen LogP contribution in [0.15, 0.2) is 35.1 Å². The highest BCUT2D eigenvalue weighted by molar-refractivity contribution is 9.10. The average molecular weight is 293 g/mol. The zero-order chi connectivity index (χ0) is 12.1. The second kappa shape index (κ2) is 5.46. The maximum Gasteiger partial charge on any atom is 0.252 e. The van der Waals surface area contributed by atoms with E-state index in [-0.39, 0.29) is 5.82 Å². The Morgan fingerprint density at radius 3 is 2.76 bits per heavy atom. The van der Waals surface area contributed by atoms with Gasteiger partial charge in [-0.05, 0) is 24.3 Å². The van der Waals surface area contributed by atoms with E-state index >= 15 is 0 Å². The Morgan fingerprint density at radius 1 is 1.35 bits per heavy atom. The van der Waals surface area contributed by atoms with Crippen LogP contribution in [0.5, 0.6) is 5.75 Å². The minimum absolute atomic E-state index is 0.175. The van der Waals surface area contributed by atoms with Crippen LogP contribution >= 0.6 is 15.9 Å². The minimum Gasteiger partial charge on any atom is -0.492 e. The van der Waals surface area contributed by atoms with Gasteiger partial charge >= 0.3 is 0 Å². The van der Waals surface area contributed by atoms with E-state index in [0.29, 0.717) is 13.2 Å². The molecule has 0 N–H and O–H groups in total. The number of hydrogen-bond donors (Lipinski definition) is 0. The molecule has 5 nitrogen and oxygen atoms in total. The van der Waals surface area contributed by atoms with E-state index in [1.807, 2.05) is 30.3 Å². The number of ether oxygens (including phenoxy) is 1. The Hall–Kier alpha value is -1.87. The smallest absolute Gasteiger partial charge is 0.252 e. The molecule has 0 aliphatic heterocycles. The molecule has 1 heterocycles. The molecule has 0 aliphatic rings. The Kier molecular flexibility index (Phi) is 3.73. The highest BCUT2D eigenvalue weighted by Gasteiger charge is 1.99. The van der Waals surface area contributed by atoms with E-state index in [9.17, 15) is 0 Å². The molecule has 0 spiro atoms. The summed E-state index contributed by atoms with van der Waals surface area (Å²) in [5.41, 5.74) is 0. The highest BCUT2D eigenvalue weighted by atomic mass is 79.9. The molecular weight excluding hydrogens is 284 g/mol. The molecule has 1 aromatic carbocycles. The summed E-state index contributed by atoms with van der Waals surface area (Å²) in [6, 6.07) is 9.47. The standard InChI is InChI=1S/C11H9BrN4O/c12-9-1-3-10(4-2-9)17-6-5-16-8-14-11(7-13)15-16/h1-4,8H,5-6H2. The fourth-order valence-corrected chi connectivity index (χ4v) is 1.51. The van der Waals surface area contributed by atoms with Crippen LogP contribution in [0.25, 0.3) is 0 Å². The first-order chi connectivity index (χ1) is 8.28. The summed E-state index contributed by atoms with van der Waals surface area (Å²) >= 11 is 3.35. The molecular formula is C11H9BrN4O. The normalized spacial score (nSPS) is 9.88. The van der Waals surface area contributed by atoms with Crippen LogP contribution in [0.3, 0.4) is 0 Å². The van der Waals surface area contributed by atoms with Crippen LogP contribution in [0.1, 0.15) is 5.82 Å². The third kappa shape index (κ3) is 3.29. The summed E-state index contributed by atoms with van der Waals surface area (Å²) in [6.07, 6.45) is 1.52. The summed E-state index contributed by atoms with van der Waals surface area (Å²) in [5, 5.41) is 12.5. The van der Waals surface area contributed by atoms with Gasteiger partial charge in [0.2, 0.25) is 0 Å². The van der Waals surface area contributed by atoms with Crippen LogP contribution in [0, 0.1) is 11.3 Å². The van der Waals surface area contributed by atoms with Gasteiger partial charge in [0.15, 0.2) is 0 Å². The van der Waals surface area contributed by atoms with Crippen LogP contribution in [-0.4, -0.2) is 21.4 Å². The van der Waals surface area contributed by atoms with E-state index < -0.39 is 0 Å². The predicted octanol–water partition coefficient (Wildman–Crippen LogP) is 1.99. The lowest BCUT2D eigenvalue weighted by atomic mass is 10.3. The van der Waals surface area contributed by atoms with E-state index in [1.165, 1.54) is 6.33 Å². The van der Waals surface area contributed by atoms with Crippen LogP contribution in [0.2, 0.25) is 0 Å². The molecule has 0 saturated carbocycles. The van der Waals surface area contributed by atoms with Crippen molar-refractivity contribution in [3.05, 3.63) is 40.9 Å². The quantitative estimate of drug-likeness (QED) is 0.864.